The van der Waals surface area contributed by atoms with Crippen LogP contribution in [0.4, 0.5) is 0 Å². The number of carbonyl (C=O) groups is 1. The van der Waals surface area contributed by atoms with Gasteiger partial charge in [-0.15, -0.1) is 0 Å². The summed E-state index contributed by atoms with van der Waals surface area (Å²) >= 11 is 0. The van der Waals surface area contributed by atoms with Gasteiger partial charge < -0.3 is 28.8 Å². The first-order chi connectivity index (χ1) is 29.5. The van der Waals surface area contributed by atoms with Gasteiger partial charge in [0.1, 0.15) is 13.2 Å². The molecule has 0 radical (unpaired) electrons. The van der Waals surface area contributed by atoms with Gasteiger partial charge in [0.05, 0.1) is 39.9 Å². The van der Waals surface area contributed by atoms with Crippen molar-refractivity contribution in [3.05, 3.63) is 48.6 Å². The molecular weight excluding hydrogens is 780 g/mol. The molecule has 61 heavy (non-hydrogen) atoms. The predicted octanol–water partition coefficient (Wildman–Crippen LogP) is 14.2. The van der Waals surface area contributed by atoms with E-state index in [4.69, 9.17) is 9.05 Å². The van der Waals surface area contributed by atoms with Crippen molar-refractivity contribution in [3.63, 3.8) is 0 Å². The number of aliphatic hydroxyl groups is 1. The van der Waals surface area contributed by atoms with Crippen LogP contribution in [0.1, 0.15) is 226 Å². The lowest BCUT2D eigenvalue weighted by atomic mass is 10.0. The average molecular weight is 879 g/mol. The summed E-state index contributed by atoms with van der Waals surface area (Å²) in [6, 6.07) is -0.798. The molecule has 0 heterocycles. The number of amides is 1. The molecule has 0 aliphatic carbocycles. The molecule has 0 aliphatic heterocycles. The van der Waals surface area contributed by atoms with Gasteiger partial charge in [0.15, 0.2) is 0 Å². The van der Waals surface area contributed by atoms with Crippen LogP contribution in [0.25, 0.3) is 0 Å². The fourth-order valence-corrected chi connectivity index (χ4v) is 8.05. The summed E-state index contributed by atoms with van der Waals surface area (Å²) in [4.78, 5) is 25.4. The van der Waals surface area contributed by atoms with Gasteiger partial charge in [-0.25, -0.2) is 0 Å². The highest BCUT2D eigenvalue weighted by Crippen LogP contribution is 2.38. The molecule has 0 saturated carbocycles. The van der Waals surface area contributed by atoms with E-state index >= 15 is 0 Å². The quantitative estimate of drug-likeness (QED) is 0.0273. The molecule has 0 rings (SSSR count). The van der Waals surface area contributed by atoms with E-state index in [9.17, 15) is 19.4 Å². The van der Waals surface area contributed by atoms with Crippen LogP contribution in [0.3, 0.4) is 0 Å². The molecule has 9 heteroatoms. The zero-order valence-corrected chi connectivity index (χ0v) is 41.5. The first-order valence-electron chi connectivity index (χ1n) is 25.5. The van der Waals surface area contributed by atoms with Crippen molar-refractivity contribution < 1.29 is 32.9 Å². The number of phosphoric ester groups is 1. The third kappa shape index (κ3) is 46.3. The lowest BCUT2D eigenvalue weighted by molar-refractivity contribution is -0.870. The highest BCUT2D eigenvalue weighted by Gasteiger charge is 2.24. The van der Waals surface area contributed by atoms with Crippen molar-refractivity contribution in [3.8, 4) is 0 Å². The fraction of sp³-hybridized carbons (Fsp3) is 0.827. The second-order valence-corrected chi connectivity index (χ2v) is 19.9. The topological polar surface area (TPSA) is 108 Å². The van der Waals surface area contributed by atoms with Crippen LogP contribution in [0.5, 0.6) is 0 Å². The Labute approximate surface area is 378 Å². The number of nitrogens with zero attached hydrogens (tertiary/aromatic N) is 1. The van der Waals surface area contributed by atoms with Gasteiger partial charge >= 0.3 is 0 Å². The molecule has 3 unspecified atom stereocenters. The maximum Gasteiger partial charge on any atom is 0.268 e. The lowest BCUT2D eigenvalue weighted by Crippen LogP contribution is -2.46. The van der Waals surface area contributed by atoms with Crippen LogP contribution in [0, 0.1) is 0 Å². The Kier molecular flexibility index (Phi) is 42.6. The number of hydrogen-bond donors (Lipinski definition) is 2. The Balaban J connectivity index is 4.04. The van der Waals surface area contributed by atoms with Crippen LogP contribution in [-0.4, -0.2) is 68.5 Å². The summed E-state index contributed by atoms with van der Waals surface area (Å²) in [5.74, 6) is -0.167. The second kappa shape index (κ2) is 43.7. The van der Waals surface area contributed by atoms with Gasteiger partial charge in [-0.2, -0.15) is 0 Å². The van der Waals surface area contributed by atoms with Crippen molar-refractivity contribution >= 4 is 13.7 Å². The molecule has 0 fully saturated rings. The third-order valence-corrected chi connectivity index (χ3v) is 12.3. The first-order valence-corrected chi connectivity index (χ1v) is 26.9. The minimum atomic E-state index is -4.56. The lowest BCUT2D eigenvalue weighted by Gasteiger charge is -2.30. The summed E-state index contributed by atoms with van der Waals surface area (Å²) in [5, 5.41) is 13.9. The number of rotatable bonds is 46. The zero-order valence-electron chi connectivity index (χ0n) is 40.6. The molecule has 0 aromatic carbocycles. The van der Waals surface area contributed by atoms with E-state index in [1.165, 1.54) is 135 Å². The molecule has 0 aromatic rings. The van der Waals surface area contributed by atoms with E-state index < -0.39 is 20.0 Å². The van der Waals surface area contributed by atoms with Crippen LogP contribution >= 0.6 is 7.82 Å². The highest BCUT2D eigenvalue weighted by molar-refractivity contribution is 7.45. The zero-order chi connectivity index (χ0) is 45.0. The van der Waals surface area contributed by atoms with Crippen molar-refractivity contribution in [2.45, 2.75) is 238 Å². The number of unbranched alkanes of at least 4 members (excludes halogenated alkanes) is 25. The number of nitrogens with one attached hydrogen (secondary N) is 1. The van der Waals surface area contributed by atoms with Crippen LogP contribution in [0.15, 0.2) is 48.6 Å². The monoisotopic (exact) mass is 879 g/mol. The SMILES string of the molecule is CC/C=C\C/C=C\C/C=C\C/C=C\CCCCCCCCCCCCCCCCCCC(=O)NC(COP(=O)([O-])OCC[N+](C)(C)C)C(O)CCCCCCCCCCCC. The number of hydrogen-bond acceptors (Lipinski definition) is 6. The van der Waals surface area contributed by atoms with Gasteiger partial charge in [0.25, 0.3) is 7.82 Å². The first kappa shape index (κ1) is 59.5. The standard InChI is InChI=1S/C52H99N2O6P/c1-6-8-10-12-14-16-18-19-20-21-22-23-24-25-26-27-28-29-30-31-32-33-34-35-36-38-40-42-44-46-52(56)53-50(49-60-61(57,58)59-48-47-54(3,4)5)51(55)45-43-41-39-37-17-15-13-11-9-7-2/h8,10,14,16,19-20,22-23,50-51,55H,6-7,9,11-13,15,17-18,21,24-49H2,1-5H3,(H-,53,56,57,58)/b10-8-,16-14-,20-19-,23-22-. The van der Waals surface area contributed by atoms with Gasteiger partial charge in [-0.1, -0.05) is 217 Å². The number of carbonyl (C=O) groups excluding carboxylic acids is 1. The normalized spacial score (nSPS) is 14.5. The third-order valence-electron chi connectivity index (χ3n) is 11.3. The van der Waals surface area contributed by atoms with Gasteiger partial charge in [0, 0.05) is 6.42 Å². The number of phosphoric acid groups is 1. The molecule has 1 amide bonds. The summed E-state index contributed by atoms with van der Waals surface area (Å²) in [6.45, 7) is 4.59. The van der Waals surface area contributed by atoms with E-state index in [1.54, 1.807) is 0 Å². The largest absolute Gasteiger partial charge is 0.756 e. The Morgan fingerprint density at radius 3 is 1.46 bits per heavy atom. The molecular formula is C52H99N2O6P. The molecule has 3 atom stereocenters. The number of aliphatic hydroxyl groups excluding tert-OH is 1. The summed E-state index contributed by atoms with van der Waals surface area (Å²) < 4.78 is 23.3. The Bertz CT molecular complexity index is 1130. The highest BCUT2D eigenvalue weighted by atomic mass is 31.2. The minimum absolute atomic E-state index is 0.0120. The van der Waals surface area contributed by atoms with Crippen molar-refractivity contribution in [1.29, 1.82) is 0 Å². The van der Waals surface area contributed by atoms with E-state index in [-0.39, 0.29) is 19.1 Å². The molecule has 2 N–H and O–H groups in total. The Morgan fingerprint density at radius 1 is 0.590 bits per heavy atom. The molecule has 8 nitrogen and oxygen atoms in total. The Morgan fingerprint density at radius 2 is 1.00 bits per heavy atom. The van der Waals surface area contributed by atoms with E-state index in [2.05, 4.69) is 67.8 Å². The molecule has 0 saturated heterocycles. The van der Waals surface area contributed by atoms with E-state index in [1.807, 2.05) is 21.1 Å². The van der Waals surface area contributed by atoms with Crippen LogP contribution < -0.4 is 10.2 Å². The molecule has 358 valence electrons. The molecule has 0 bridgehead atoms. The van der Waals surface area contributed by atoms with Crippen molar-refractivity contribution in [2.24, 2.45) is 0 Å². The molecule has 0 spiro atoms. The summed E-state index contributed by atoms with van der Waals surface area (Å²) in [6.07, 6.45) is 55.7. The average Bonchev–Trinajstić information content (AvgIpc) is 3.21. The predicted molar refractivity (Wildman–Crippen MR) is 261 cm³/mol. The number of likely N-dealkylation sites (N-methyl/N-ethyl adjacent to an activating group) is 1. The van der Waals surface area contributed by atoms with Crippen LogP contribution in [-0.2, 0) is 18.4 Å². The Hall–Kier alpha value is -1.54. The second-order valence-electron chi connectivity index (χ2n) is 18.5. The number of quaternary nitrogens is 1. The van der Waals surface area contributed by atoms with Crippen LogP contribution in [0.2, 0.25) is 0 Å². The van der Waals surface area contributed by atoms with Gasteiger partial charge in [-0.05, 0) is 51.4 Å². The fourth-order valence-electron chi connectivity index (χ4n) is 7.33. The maximum atomic E-state index is 12.9. The molecule has 0 aromatic heterocycles. The minimum Gasteiger partial charge on any atom is -0.756 e. The van der Waals surface area contributed by atoms with Gasteiger partial charge in [-0.3, -0.25) is 9.36 Å². The number of allylic oxidation sites excluding steroid dienone is 8. The van der Waals surface area contributed by atoms with E-state index in [0.717, 1.165) is 64.2 Å². The van der Waals surface area contributed by atoms with E-state index in [0.29, 0.717) is 23.9 Å². The summed E-state index contributed by atoms with van der Waals surface area (Å²) in [7, 11) is 1.30. The smallest absolute Gasteiger partial charge is 0.268 e. The van der Waals surface area contributed by atoms with Gasteiger partial charge in [0.2, 0.25) is 5.91 Å². The van der Waals surface area contributed by atoms with Crippen molar-refractivity contribution in [2.75, 3.05) is 40.9 Å². The molecule has 0 aliphatic rings. The maximum absolute atomic E-state index is 12.9. The summed E-state index contributed by atoms with van der Waals surface area (Å²) in [5.41, 5.74) is 0. The van der Waals surface area contributed by atoms with Crippen molar-refractivity contribution in [1.82, 2.24) is 5.32 Å².